The van der Waals surface area contributed by atoms with Gasteiger partial charge >= 0.3 is 0 Å². The van der Waals surface area contributed by atoms with Crippen molar-refractivity contribution < 1.29 is 9.59 Å². The van der Waals surface area contributed by atoms with Crippen LogP contribution in [0.5, 0.6) is 0 Å². The lowest BCUT2D eigenvalue weighted by molar-refractivity contribution is -0.121. The number of imide groups is 1. The minimum Gasteiger partial charge on any atom is -0.368 e. The second-order valence-electron chi connectivity index (χ2n) is 6.51. The Morgan fingerprint density at radius 1 is 0.750 bits per heavy atom. The number of amides is 2. The third-order valence-electron chi connectivity index (χ3n) is 4.87. The molecule has 2 amide bonds. The summed E-state index contributed by atoms with van der Waals surface area (Å²) in [5, 5.41) is 0.543. The number of nitrogens with zero attached hydrogens (tertiary/aromatic N) is 3. The van der Waals surface area contributed by atoms with Crippen molar-refractivity contribution in [2.45, 2.75) is 0 Å². The Hall–Kier alpha value is -2.21. The predicted molar refractivity (Wildman–Crippen MR) is 112 cm³/mol. The molecule has 0 bridgehead atoms. The molecule has 2 aromatic rings. The van der Waals surface area contributed by atoms with Gasteiger partial charge in [-0.3, -0.25) is 9.59 Å². The van der Waals surface area contributed by atoms with Gasteiger partial charge in [-0.25, -0.2) is 4.90 Å². The van der Waals surface area contributed by atoms with Gasteiger partial charge in [-0.1, -0.05) is 53.0 Å². The zero-order valence-electron chi connectivity index (χ0n) is 14.7. The van der Waals surface area contributed by atoms with Crippen LogP contribution in [0.25, 0.3) is 0 Å². The van der Waals surface area contributed by atoms with Crippen molar-refractivity contribution >= 4 is 58.0 Å². The van der Waals surface area contributed by atoms with Crippen molar-refractivity contribution in [2.75, 3.05) is 36.0 Å². The van der Waals surface area contributed by atoms with E-state index in [2.05, 4.69) is 17.0 Å². The van der Waals surface area contributed by atoms with Gasteiger partial charge in [-0.2, -0.15) is 0 Å². The van der Waals surface area contributed by atoms with Crippen LogP contribution in [0.3, 0.4) is 0 Å². The summed E-state index contributed by atoms with van der Waals surface area (Å²) >= 11 is 18.5. The standard InChI is InChI=1S/C20H16Cl3N3O2/c21-13-6-7-15(22)16(12-13)26-19(27)17(23)18(20(26)28)25-10-8-24(9-11-25)14-4-2-1-3-5-14/h1-7,12H,8-11H2. The molecule has 5 nitrogen and oxygen atoms in total. The Morgan fingerprint density at radius 2 is 1.39 bits per heavy atom. The summed E-state index contributed by atoms with van der Waals surface area (Å²) in [6, 6.07) is 14.7. The SMILES string of the molecule is O=C1C(Cl)=C(N2CCN(c3ccccc3)CC2)C(=O)N1c1cc(Cl)ccc1Cl. The molecular formula is C20H16Cl3N3O2. The Bertz CT molecular complexity index is 970. The normalized spacial score (nSPS) is 17.8. The summed E-state index contributed by atoms with van der Waals surface area (Å²) in [6.07, 6.45) is 0. The predicted octanol–water partition coefficient (Wildman–Crippen LogP) is 4.14. The first-order chi connectivity index (χ1) is 13.5. The second kappa shape index (κ2) is 7.66. The van der Waals surface area contributed by atoms with Gasteiger partial charge in [-0.05, 0) is 30.3 Å². The maximum atomic E-state index is 13.0. The average molecular weight is 437 g/mol. The quantitative estimate of drug-likeness (QED) is 0.678. The molecule has 0 unspecified atom stereocenters. The third kappa shape index (κ3) is 3.34. The van der Waals surface area contributed by atoms with Gasteiger partial charge in [0.2, 0.25) is 0 Å². The van der Waals surface area contributed by atoms with Crippen LogP contribution in [0.15, 0.2) is 59.3 Å². The van der Waals surface area contributed by atoms with Gasteiger partial charge in [0.05, 0.1) is 10.7 Å². The van der Waals surface area contributed by atoms with E-state index in [1.165, 1.54) is 6.07 Å². The van der Waals surface area contributed by atoms with E-state index in [0.29, 0.717) is 18.1 Å². The van der Waals surface area contributed by atoms with Crippen molar-refractivity contribution in [3.63, 3.8) is 0 Å². The van der Waals surface area contributed by atoms with Gasteiger partial charge in [-0.15, -0.1) is 0 Å². The number of piperazine rings is 1. The molecule has 0 aromatic heterocycles. The number of para-hydroxylation sites is 1. The summed E-state index contributed by atoms with van der Waals surface area (Å²) < 4.78 is 0. The molecule has 2 heterocycles. The van der Waals surface area contributed by atoms with E-state index in [4.69, 9.17) is 34.8 Å². The van der Waals surface area contributed by atoms with E-state index in [1.54, 1.807) is 12.1 Å². The molecule has 0 spiro atoms. The average Bonchev–Trinajstić information content (AvgIpc) is 2.93. The molecule has 2 aliphatic rings. The highest BCUT2D eigenvalue weighted by Crippen LogP contribution is 2.36. The highest BCUT2D eigenvalue weighted by Gasteiger charge is 2.42. The molecule has 4 rings (SSSR count). The number of hydrogen-bond donors (Lipinski definition) is 0. The van der Waals surface area contributed by atoms with Crippen LogP contribution in [0.4, 0.5) is 11.4 Å². The summed E-state index contributed by atoms with van der Waals surface area (Å²) in [5.74, 6) is -1.07. The number of carbonyl (C=O) groups excluding carboxylic acids is 2. The van der Waals surface area contributed by atoms with Gasteiger partial charge in [0.15, 0.2) is 0 Å². The van der Waals surface area contributed by atoms with Gasteiger partial charge in [0, 0.05) is 36.9 Å². The number of halogens is 3. The fourth-order valence-corrected chi connectivity index (χ4v) is 4.12. The fraction of sp³-hybridized carbons (Fsp3) is 0.200. The highest BCUT2D eigenvalue weighted by molar-refractivity contribution is 6.53. The minimum atomic E-state index is -0.587. The maximum Gasteiger partial charge on any atom is 0.283 e. The van der Waals surface area contributed by atoms with E-state index in [9.17, 15) is 9.59 Å². The lowest BCUT2D eigenvalue weighted by Gasteiger charge is -2.37. The van der Waals surface area contributed by atoms with Crippen molar-refractivity contribution in [1.29, 1.82) is 0 Å². The molecule has 2 aromatic carbocycles. The number of benzene rings is 2. The third-order valence-corrected chi connectivity index (χ3v) is 5.77. The molecule has 8 heteroatoms. The first-order valence-corrected chi connectivity index (χ1v) is 9.89. The monoisotopic (exact) mass is 435 g/mol. The zero-order valence-corrected chi connectivity index (χ0v) is 17.0. The lowest BCUT2D eigenvalue weighted by atomic mass is 10.2. The summed E-state index contributed by atoms with van der Waals surface area (Å²) in [7, 11) is 0. The summed E-state index contributed by atoms with van der Waals surface area (Å²) in [5.41, 5.74) is 1.58. The van der Waals surface area contributed by atoms with E-state index < -0.39 is 11.8 Å². The van der Waals surface area contributed by atoms with Crippen LogP contribution in [0, 0.1) is 0 Å². The molecule has 2 aliphatic heterocycles. The molecule has 1 saturated heterocycles. The highest BCUT2D eigenvalue weighted by atomic mass is 35.5. The first-order valence-electron chi connectivity index (χ1n) is 8.76. The Morgan fingerprint density at radius 3 is 2.07 bits per heavy atom. The Kier molecular flexibility index (Phi) is 5.23. The van der Waals surface area contributed by atoms with Gasteiger partial charge in [0.1, 0.15) is 10.7 Å². The number of rotatable bonds is 3. The molecular weight excluding hydrogens is 421 g/mol. The topological polar surface area (TPSA) is 43.9 Å². The van der Waals surface area contributed by atoms with Gasteiger partial charge < -0.3 is 9.80 Å². The van der Waals surface area contributed by atoms with Crippen LogP contribution in [0.2, 0.25) is 10.0 Å². The zero-order chi connectivity index (χ0) is 19.8. The lowest BCUT2D eigenvalue weighted by Crippen LogP contribution is -2.47. The van der Waals surface area contributed by atoms with Crippen molar-refractivity contribution in [3.05, 3.63) is 69.3 Å². The molecule has 144 valence electrons. The molecule has 0 radical (unpaired) electrons. The fourth-order valence-electron chi connectivity index (χ4n) is 3.47. The Labute approximate surface area is 177 Å². The smallest absolute Gasteiger partial charge is 0.283 e. The molecule has 1 fully saturated rings. The summed E-state index contributed by atoms with van der Waals surface area (Å²) in [4.78, 5) is 30.8. The van der Waals surface area contributed by atoms with Crippen molar-refractivity contribution in [2.24, 2.45) is 0 Å². The van der Waals surface area contributed by atoms with Crippen LogP contribution < -0.4 is 9.80 Å². The molecule has 0 N–H and O–H groups in total. The Balaban J connectivity index is 1.55. The van der Waals surface area contributed by atoms with Gasteiger partial charge in [0.25, 0.3) is 11.8 Å². The van der Waals surface area contributed by atoms with Crippen molar-refractivity contribution in [1.82, 2.24) is 4.90 Å². The summed E-state index contributed by atoms with van der Waals surface area (Å²) in [6.45, 7) is 2.60. The van der Waals surface area contributed by atoms with Crippen LogP contribution in [-0.2, 0) is 9.59 Å². The molecule has 0 aliphatic carbocycles. The van der Waals surface area contributed by atoms with Crippen LogP contribution in [0.1, 0.15) is 0 Å². The first kappa shape index (κ1) is 19.1. The largest absolute Gasteiger partial charge is 0.368 e. The number of carbonyl (C=O) groups is 2. The second-order valence-corrected chi connectivity index (χ2v) is 7.74. The van der Waals surface area contributed by atoms with E-state index in [-0.39, 0.29) is 21.4 Å². The van der Waals surface area contributed by atoms with E-state index in [0.717, 1.165) is 23.7 Å². The number of hydrogen-bond acceptors (Lipinski definition) is 4. The molecule has 0 atom stereocenters. The van der Waals surface area contributed by atoms with E-state index >= 15 is 0 Å². The van der Waals surface area contributed by atoms with Crippen LogP contribution in [-0.4, -0.2) is 42.9 Å². The van der Waals surface area contributed by atoms with Crippen LogP contribution >= 0.6 is 34.8 Å². The number of anilines is 2. The van der Waals surface area contributed by atoms with Crippen molar-refractivity contribution in [3.8, 4) is 0 Å². The van der Waals surface area contributed by atoms with E-state index in [1.807, 2.05) is 23.1 Å². The molecule has 0 saturated carbocycles. The molecule has 28 heavy (non-hydrogen) atoms. The maximum absolute atomic E-state index is 13.0. The minimum absolute atomic E-state index is 0.0887.